The van der Waals surface area contributed by atoms with Crippen molar-refractivity contribution in [3.63, 3.8) is 0 Å². The van der Waals surface area contributed by atoms with Crippen LogP contribution in [0.5, 0.6) is 0 Å². The van der Waals surface area contributed by atoms with Crippen LogP contribution in [0.15, 0.2) is 24.3 Å². The van der Waals surface area contributed by atoms with Crippen molar-refractivity contribution in [3.8, 4) is 0 Å². The zero-order valence-corrected chi connectivity index (χ0v) is 16.3. The molecule has 2 rings (SSSR count). The van der Waals surface area contributed by atoms with Crippen molar-refractivity contribution in [2.24, 2.45) is 0 Å². The van der Waals surface area contributed by atoms with E-state index in [0.717, 1.165) is 17.5 Å². The average molecular weight is 383 g/mol. The summed E-state index contributed by atoms with van der Waals surface area (Å²) in [6, 6.07) is 7.53. The number of amides is 2. The van der Waals surface area contributed by atoms with Gasteiger partial charge in [0.25, 0.3) is 0 Å². The third-order valence-corrected chi connectivity index (χ3v) is 4.86. The second-order valence-electron chi connectivity index (χ2n) is 7.14. The van der Waals surface area contributed by atoms with E-state index >= 15 is 0 Å². The lowest BCUT2D eigenvalue weighted by atomic mass is 10.2. The Labute approximate surface area is 154 Å². The minimum atomic E-state index is -3.82. The van der Waals surface area contributed by atoms with Gasteiger partial charge in [-0.15, -0.1) is 0 Å². The summed E-state index contributed by atoms with van der Waals surface area (Å²) in [5, 5.41) is 3.06. The first-order valence-electron chi connectivity index (χ1n) is 8.27. The summed E-state index contributed by atoms with van der Waals surface area (Å²) >= 11 is 0. The number of carbonyl (C=O) groups is 2. The lowest BCUT2D eigenvalue weighted by Crippen LogP contribution is -2.45. The third-order valence-electron chi connectivity index (χ3n) is 3.73. The molecule has 1 heterocycles. The zero-order chi connectivity index (χ0) is 19.5. The molecular formula is C17H25N3O5S. The molecule has 0 aromatic heterocycles. The van der Waals surface area contributed by atoms with Gasteiger partial charge < -0.3 is 15.0 Å². The summed E-state index contributed by atoms with van der Waals surface area (Å²) in [5.74, 6) is -0.168. The Morgan fingerprint density at radius 3 is 2.58 bits per heavy atom. The second kappa shape index (κ2) is 7.53. The fraction of sp³-hybridized carbons (Fsp3) is 0.529. The van der Waals surface area contributed by atoms with E-state index in [1.807, 2.05) is 24.3 Å². The molecule has 0 saturated heterocycles. The van der Waals surface area contributed by atoms with Crippen LogP contribution in [0.3, 0.4) is 0 Å². The molecule has 144 valence electrons. The predicted octanol–water partition coefficient (Wildman–Crippen LogP) is 1.64. The van der Waals surface area contributed by atoms with Gasteiger partial charge in [-0.1, -0.05) is 18.2 Å². The van der Waals surface area contributed by atoms with Gasteiger partial charge in [-0.25, -0.2) is 17.5 Å². The van der Waals surface area contributed by atoms with Gasteiger partial charge in [-0.05, 0) is 32.4 Å². The first kappa shape index (κ1) is 20.0. The van der Waals surface area contributed by atoms with Crippen molar-refractivity contribution < 1.29 is 22.7 Å². The highest BCUT2D eigenvalue weighted by Crippen LogP contribution is 2.20. The maximum Gasteiger partial charge on any atom is 0.424 e. The van der Waals surface area contributed by atoms with E-state index in [4.69, 9.17) is 4.74 Å². The maximum atomic E-state index is 12.3. The smallest absolute Gasteiger partial charge is 0.424 e. The minimum Gasteiger partial charge on any atom is -0.443 e. The van der Waals surface area contributed by atoms with Gasteiger partial charge in [0.05, 0.1) is 19.3 Å². The molecule has 1 aromatic carbocycles. The first-order valence-corrected chi connectivity index (χ1v) is 10.1. The molecule has 1 aliphatic heterocycles. The number of para-hydroxylation sites is 1. The standard InChI is InChI=1S/C17H25N3O5S/c1-17(2,3)25-16(22)20(26(4,23)24)10-9-19-12-13-7-5-6-8-14(13)18-11-15(19)21/h5-8,18H,9-12H2,1-4H3. The quantitative estimate of drug-likeness (QED) is 0.849. The normalized spacial score (nSPS) is 14.9. The number of sulfonamides is 1. The van der Waals surface area contributed by atoms with E-state index < -0.39 is 21.7 Å². The summed E-state index contributed by atoms with van der Waals surface area (Å²) in [6.45, 7) is 5.35. The number of nitrogens with one attached hydrogen (secondary N) is 1. The molecule has 0 saturated carbocycles. The summed E-state index contributed by atoms with van der Waals surface area (Å²) in [4.78, 5) is 26.1. The lowest BCUT2D eigenvalue weighted by molar-refractivity contribution is -0.129. The molecule has 0 fully saturated rings. The van der Waals surface area contributed by atoms with E-state index in [1.165, 1.54) is 4.90 Å². The monoisotopic (exact) mass is 383 g/mol. The van der Waals surface area contributed by atoms with Crippen LogP contribution >= 0.6 is 0 Å². The molecule has 8 nitrogen and oxygen atoms in total. The molecular weight excluding hydrogens is 358 g/mol. The van der Waals surface area contributed by atoms with Crippen molar-refractivity contribution in [1.29, 1.82) is 0 Å². The molecule has 1 aliphatic rings. The summed E-state index contributed by atoms with van der Waals surface area (Å²) in [6.07, 6.45) is -0.00122. The predicted molar refractivity (Wildman–Crippen MR) is 98.1 cm³/mol. The number of carbonyl (C=O) groups excluding carboxylic acids is 2. The number of anilines is 1. The first-order chi connectivity index (χ1) is 12.0. The summed E-state index contributed by atoms with van der Waals surface area (Å²) in [5.41, 5.74) is 0.985. The van der Waals surface area contributed by atoms with Gasteiger partial charge in [0.1, 0.15) is 5.60 Å². The molecule has 0 bridgehead atoms. The Morgan fingerprint density at radius 1 is 1.31 bits per heavy atom. The molecule has 1 N–H and O–H groups in total. The molecule has 0 spiro atoms. The highest BCUT2D eigenvalue weighted by Gasteiger charge is 2.30. The largest absolute Gasteiger partial charge is 0.443 e. The van der Waals surface area contributed by atoms with Gasteiger partial charge in [0, 0.05) is 18.8 Å². The van der Waals surface area contributed by atoms with E-state index in [-0.39, 0.29) is 25.5 Å². The zero-order valence-electron chi connectivity index (χ0n) is 15.5. The number of rotatable bonds is 4. The van der Waals surface area contributed by atoms with E-state index in [9.17, 15) is 18.0 Å². The number of hydrogen-bond donors (Lipinski definition) is 1. The Hall–Kier alpha value is -2.29. The molecule has 0 aliphatic carbocycles. The van der Waals surface area contributed by atoms with E-state index in [1.54, 1.807) is 20.8 Å². The number of hydrogen-bond acceptors (Lipinski definition) is 6. The molecule has 2 amide bonds. The summed E-state index contributed by atoms with van der Waals surface area (Å²) in [7, 11) is -3.82. The third kappa shape index (κ3) is 5.35. The SMILES string of the molecule is CC(C)(C)OC(=O)N(CCN1Cc2ccccc2NCC1=O)S(C)(=O)=O. The number of nitrogens with zero attached hydrogens (tertiary/aromatic N) is 2. The van der Waals surface area contributed by atoms with Gasteiger partial charge in [0.15, 0.2) is 0 Å². The van der Waals surface area contributed by atoms with Crippen LogP contribution in [0, 0.1) is 0 Å². The van der Waals surface area contributed by atoms with E-state index in [2.05, 4.69) is 5.32 Å². The van der Waals surface area contributed by atoms with Crippen molar-refractivity contribution >= 4 is 27.7 Å². The Kier molecular flexibility index (Phi) is 5.80. The van der Waals surface area contributed by atoms with Crippen LogP contribution < -0.4 is 5.32 Å². The molecule has 1 aromatic rings. The maximum absolute atomic E-state index is 12.3. The molecule has 9 heteroatoms. The average Bonchev–Trinajstić information content (AvgIpc) is 2.64. The molecule has 0 unspecified atom stereocenters. The molecule has 0 atom stereocenters. The van der Waals surface area contributed by atoms with Crippen LogP contribution in [0.4, 0.5) is 10.5 Å². The van der Waals surface area contributed by atoms with Crippen LogP contribution in [0.1, 0.15) is 26.3 Å². The second-order valence-corrected chi connectivity index (χ2v) is 9.05. The number of benzene rings is 1. The topological polar surface area (TPSA) is 96.0 Å². The van der Waals surface area contributed by atoms with Crippen LogP contribution in [0.2, 0.25) is 0 Å². The Morgan fingerprint density at radius 2 is 1.96 bits per heavy atom. The minimum absolute atomic E-state index is 0.0845. The van der Waals surface area contributed by atoms with Crippen molar-refractivity contribution in [2.75, 3.05) is 31.2 Å². The highest BCUT2D eigenvalue weighted by molar-refractivity contribution is 7.88. The van der Waals surface area contributed by atoms with Crippen LogP contribution in [0.25, 0.3) is 0 Å². The van der Waals surface area contributed by atoms with E-state index in [0.29, 0.717) is 10.8 Å². The van der Waals surface area contributed by atoms with Crippen LogP contribution in [-0.4, -0.2) is 61.1 Å². The van der Waals surface area contributed by atoms with Gasteiger partial charge >= 0.3 is 6.09 Å². The fourth-order valence-electron chi connectivity index (χ4n) is 2.53. The molecule has 0 radical (unpaired) electrons. The Bertz CT molecular complexity index is 786. The van der Waals surface area contributed by atoms with Crippen molar-refractivity contribution in [1.82, 2.24) is 9.21 Å². The van der Waals surface area contributed by atoms with Gasteiger partial charge in [-0.2, -0.15) is 0 Å². The number of fused-ring (bicyclic) bond motifs is 1. The Balaban J connectivity index is 2.12. The van der Waals surface area contributed by atoms with Gasteiger partial charge in [-0.3, -0.25) is 4.79 Å². The fourth-order valence-corrected chi connectivity index (χ4v) is 3.25. The highest BCUT2D eigenvalue weighted by atomic mass is 32.2. The van der Waals surface area contributed by atoms with Crippen molar-refractivity contribution in [3.05, 3.63) is 29.8 Å². The van der Waals surface area contributed by atoms with Crippen molar-refractivity contribution in [2.45, 2.75) is 32.9 Å². The summed E-state index contributed by atoms with van der Waals surface area (Å²) < 4.78 is 29.8. The van der Waals surface area contributed by atoms with Crippen LogP contribution in [-0.2, 0) is 26.1 Å². The van der Waals surface area contributed by atoms with Gasteiger partial charge in [0.2, 0.25) is 15.9 Å². The number of ether oxygens (including phenoxy) is 1. The lowest BCUT2D eigenvalue weighted by Gasteiger charge is -2.28. The molecule has 26 heavy (non-hydrogen) atoms.